The molecule has 4 aromatic rings. The number of para-hydroxylation sites is 1. The first-order chi connectivity index (χ1) is 25.5. The molecule has 0 bridgehead atoms. The van der Waals surface area contributed by atoms with Gasteiger partial charge < -0.3 is 51.7 Å². The fraction of sp³-hybridized carbons (Fsp3) is 0.297. The van der Waals surface area contributed by atoms with Gasteiger partial charge in [0.2, 0.25) is 23.6 Å². The number of carbonyl (C=O) groups excluding carboxylic acids is 6. The number of rotatable bonds is 18. The Hall–Kier alpha value is -6.42. The zero-order valence-electron chi connectivity index (χ0n) is 28.9. The SMILES string of the molecule is COC(=O)[C@H](Cc1ccc(O)cc1)NC(=O)[C@H](CO)NC(=O)[C@H](Cc1c[nH]c2ccccc12)NC(=O)[C@H](CCC(N)=O)NC(=O)OCc1ccccc1. The van der Waals surface area contributed by atoms with E-state index < -0.39 is 66.5 Å². The molecule has 4 rings (SSSR count). The first-order valence-corrected chi connectivity index (χ1v) is 16.7. The van der Waals surface area contributed by atoms with Gasteiger partial charge in [-0.15, -0.1) is 0 Å². The van der Waals surface area contributed by atoms with Crippen molar-refractivity contribution < 1.29 is 48.5 Å². The molecule has 0 aliphatic rings. The Kier molecular flexibility index (Phi) is 14.3. The molecule has 1 aromatic heterocycles. The standard InChI is InChI=1S/C37H42N6O10/c1-52-36(50)30(17-22-11-13-25(45)14-12-22)41-35(49)31(20-44)42-34(48)29(18-24-19-39-27-10-6-5-9-26(24)27)40-33(47)28(15-16-32(38)46)43-37(51)53-21-23-7-3-2-4-8-23/h2-14,19,28-31,39,44-45H,15-18,20-21H2,1H3,(H2,38,46)(H,40,47)(H,41,49)(H,42,48)(H,43,51)/t28-,29-,30-,31-/m0/s1. The Morgan fingerprint density at radius 2 is 1.36 bits per heavy atom. The molecule has 1 heterocycles. The van der Waals surface area contributed by atoms with E-state index in [0.717, 1.165) is 18.0 Å². The Bertz CT molecular complexity index is 1880. The molecule has 5 amide bonds. The maximum Gasteiger partial charge on any atom is 0.408 e. The van der Waals surface area contributed by atoms with Crippen LogP contribution in [-0.2, 0) is 52.9 Å². The molecule has 9 N–H and O–H groups in total. The average Bonchev–Trinajstić information content (AvgIpc) is 3.57. The van der Waals surface area contributed by atoms with Crippen molar-refractivity contribution in [1.29, 1.82) is 0 Å². The normalized spacial score (nSPS) is 13.1. The number of aromatic hydroxyl groups is 1. The van der Waals surface area contributed by atoms with Gasteiger partial charge in [-0.25, -0.2) is 9.59 Å². The van der Waals surface area contributed by atoms with Crippen LogP contribution in [0.5, 0.6) is 5.75 Å². The van der Waals surface area contributed by atoms with Gasteiger partial charge in [-0.2, -0.15) is 0 Å². The number of phenols is 1. The number of methoxy groups -OCH3 is 1. The van der Waals surface area contributed by atoms with E-state index in [0.29, 0.717) is 16.7 Å². The van der Waals surface area contributed by atoms with Crippen LogP contribution in [0.15, 0.2) is 85.1 Å². The number of alkyl carbamates (subject to hydrolysis) is 1. The van der Waals surface area contributed by atoms with Gasteiger partial charge in [0, 0.05) is 36.4 Å². The smallest absolute Gasteiger partial charge is 0.408 e. The fourth-order valence-corrected chi connectivity index (χ4v) is 5.41. The highest BCUT2D eigenvalue weighted by molar-refractivity contribution is 5.95. The molecule has 0 saturated carbocycles. The van der Waals surface area contributed by atoms with Gasteiger partial charge >= 0.3 is 12.1 Å². The molecule has 0 radical (unpaired) electrons. The van der Waals surface area contributed by atoms with Crippen molar-refractivity contribution in [3.8, 4) is 5.75 Å². The van der Waals surface area contributed by atoms with Crippen LogP contribution in [0.25, 0.3) is 10.9 Å². The molecule has 0 unspecified atom stereocenters. The number of fused-ring (bicyclic) bond motifs is 1. The third-order valence-electron chi connectivity index (χ3n) is 8.23. The number of primary amides is 1. The summed E-state index contributed by atoms with van der Waals surface area (Å²) in [5, 5.41) is 30.4. The molecule has 0 spiro atoms. The van der Waals surface area contributed by atoms with Crippen molar-refractivity contribution in [2.24, 2.45) is 5.73 Å². The number of aliphatic hydroxyl groups is 1. The summed E-state index contributed by atoms with van der Waals surface area (Å²) in [6, 6.07) is 16.4. The predicted octanol–water partition coefficient (Wildman–Crippen LogP) is 0.839. The van der Waals surface area contributed by atoms with Gasteiger partial charge in [0.05, 0.1) is 13.7 Å². The number of benzene rings is 3. The largest absolute Gasteiger partial charge is 0.508 e. The zero-order valence-corrected chi connectivity index (χ0v) is 28.9. The van der Waals surface area contributed by atoms with E-state index in [1.165, 1.54) is 12.1 Å². The lowest BCUT2D eigenvalue weighted by Crippen LogP contribution is -2.59. The predicted molar refractivity (Wildman–Crippen MR) is 191 cm³/mol. The van der Waals surface area contributed by atoms with E-state index in [1.807, 2.05) is 18.2 Å². The van der Waals surface area contributed by atoms with Crippen LogP contribution in [0.1, 0.15) is 29.5 Å². The summed E-state index contributed by atoms with van der Waals surface area (Å²) >= 11 is 0. The van der Waals surface area contributed by atoms with Crippen LogP contribution in [-0.4, -0.2) is 88.8 Å². The summed E-state index contributed by atoms with van der Waals surface area (Å²) in [7, 11) is 1.14. The maximum absolute atomic E-state index is 13.9. The number of esters is 1. The molecule has 16 nitrogen and oxygen atoms in total. The lowest BCUT2D eigenvalue weighted by atomic mass is 10.0. The lowest BCUT2D eigenvalue weighted by molar-refractivity contribution is -0.145. The number of phenolic OH excluding ortho intramolecular Hbond substituents is 1. The summed E-state index contributed by atoms with van der Waals surface area (Å²) in [4.78, 5) is 80.9. The van der Waals surface area contributed by atoms with Crippen LogP contribution in [0.3, 0.4) is 0 Å². The first-order valence-electron chi connectivity index (χ1n) is 16.7. The summed E-state index contributed by atoms with van der Waals surface area (Å²) in [6.45, 7) is -0.979. The summed E-state index contributed by atoms with van der Waals surface area (Å²) in [5.41, 5.74) is 7.97. The number of H-pyrrole nitrogens is 1. The van der Waals surface area contributed by atoms with Crippen molar-refractivity contribution in [3.63, 3.8) is 0 Å². The minimum Gasteiger partial charge on any atom is -0.508 e. The molecule has 0 saturated heterocycles. The second-order valence-electron chi connectivity index (χ2n) is 12.1. The number of ether oxygens (including phenoxy) is 2. The van der Waals surface area contributed by atoms with Crippen LogP contribution >= 0.6 is 0 Å². The molecular formula is C37H42N6O10. The second kappa shape index (κ2) is 19.3. The minimum absolute atomic E-state index is 0.00250. The van der Waals surface area contributed by atoms with E-state index >= 15 is 0 Å². The summed E-state index contributed by atoms with van der Waals surface area (Å²) in [5.74, 6) is -4.19. The molecule has 280 valence electrons. The molecule has 0 aliphatic carbocycles. The Morgan fingerprint density at radius 1 is 0.736 bits per heavy atom. The van der Waals surface area contributed by atoms with E-state index in [-0.39, 0.29) is 38.0 Å². The molecule has 16 heteroatoms. The number of nitrogens with one attached hydrogen (secondary N) is 5. The van der Waals surface area contributed by atoms with Crippen LogP contribution in [0, 0.1) is 0 Å². The first kappa shape index (κ1) is 39.4. The minimum atomic E-state index is -1.58. The van der Waals surface area contributed by atoms with Crippen molar-refractivity contribution >= 4 is 46.6 Å². The van der Waals surface area contributed by atoms with E-state index in [9.17, 15) is 39.0 Å². The monoisotopic (exact) mass is 730 g/mol. The number of amides is 5. The number of hydrogen-bond donors (Lipinski definition) is 8. The average molecular weight is 731 g/mol. The summed E-state index contributed by atoms with van der Waals surface area (Å²) < 4.78 is 10.1. The van der Waals surface area contributed by atoms with Crippen LogP contribution in [0.4, 0.5) is 4.79 Å². The van der Waals surface area contributed by atoms with Crippen molar-refractivity contribution in [1.82, 2.24) is 26.3 Å². The van der Waals surface area contributed by atoms with Gasteiger partial charge in [0.15, 0.2) is 0 Å². The van der Waals surface area contributed by atoms with E-state index in [1.54, 1.807) is 54.7 Å². The number of aromatic amines is 1. The maximum atomic E-state index is 13.9. The van der Waals surface area contributed by atoms with Gasteiger partial charge in [0.25, 0.3) is 0 Å². The highest BCUT2D eigenvalue weighted by Gasteiger charge is 2.32. The molecular weight excluding hydrogens is 688 g/mol. The molecule has 3 aromatic carbocycles. The van der Waals surface area contributed by atoms with E-state index in [2.05, 4.69) is 26.3 Å². The van der Waals surface area contributed by atoms with Crippen molar-refractivity contribution in [3.05, 3.63) is 102 Å². The van der Waals surface area contributed by atoms with Gasteiger partial charge in [-0.1, -0.05) is 60.7 Å². The highest BCUT2D eigenvalue weighted by Crippen LogP contribution is 2.20. The number of aliphatic hydroxyl groups excluding tert-OH is 1. The Balaban J connectivity index is 1.52. The molecule has 0 aliphatic heterocycles. The Morgan fingerprint density at radius 3 is 2.04 bits per heavy atom. The quantitative estimate of drug-likeness (QED) is 0.0670. The van der Waals surface area contributed by atoms with Crippen LogP contribution < -0.4 is 27.0 Å². The third-order valence-corrected chi connectivity index (χ3v) is 8.23. The van der Waals surface area contributed by atoms with E-state index in [4.69, 9.17) is 15.2 Å². The van der Waals surface area contributed by atoms with Crippen molar-refractivity contribution in [2.45, 2.75) is 56.5 Å². The van der Waals surface area contributed by atoms with Gasteiger partial charge in [-0.05, 0) is 41.3 Å². The number of nitrogens with two attached hydrogens (primary N) is 1. The third kappa shape index (κ3) is 11.8. The zero-order chi connectivity index (χ0) is 38.3. The second-order valence-corrected chi connectivity index (χ2v) is 12.1. The number of hydrogen-bond acceptors (Lipinski definition) is 10. The molecule has 53 heavy (non-hydrogen) atoms. The highest BCUT2D eigenvalue weighted by atomic mass is 16.5. The van der Waals surface area contributed by atoms with Crippen LogP contribution in [0.2, 0.25) is 0 Å². The topological polar surface area (TPSA) is 251 Å². The molecule has 0 fully saturated rings. The van der Waals surface area contributed by atoms with Crippen molar-refractivity contribution in [2.75, 3.05) is 13.7 Å². The number of aromatic nitrogens is 1. The fourth-order valence-electron chi connectivity index (χ4n) is 5.41. The van der Waals surface area contributed by atoms with Gasteiger partial charge in [-0.3, -0.25) is 19.2 Å². The molecule has 4 atom stereocenters. The summed E-state index contributed by atoms with van der Waals surface area (Å²) in [6.07, 6.45) is 0.0582. The Labute approximate surface area is 304 Å². The lowest BCUT2D eigenvalue weighted by Gasteiger charge is -2.25. The number of carbonyl (C=O) groups is 6. The van der Waals surface area contributed by atoms with Gasteiger partial charge in [0.1, 0.15) is 36.5 Å².